The van der Waals surface area contributed by atoms with E-state index in [-0.39, 0.29) is 5.54 Å². The van der Waals surface area contributed by atoms with Crippen LogP contribution in [0, 0.1) is 0 Å². The van der Waals surface area contributed by atoms with Gasteiger partial charge in [-0.3, -0.25) is 4.90 Å². The van der Waals surface area contributed by atoms with Crippen LogP contribution in [0.5, 0.6) is 0 Å². The molecule has 0 amide bonds. The van der Waals surface area contributed by atoms with Gasteiger partial charge >= 0.3 is 0 Å². The highest BCUT2D eigenvalue weighted by molar-refractivity contribution is 6.42. The molecule has 0 radical (unpaired) electrons. The number of rotatable bonds is 7. The SMILES string of the molecule is CCN(CC)C(CC)(CC)C(O)c1cccc(Cl)c1Cl. The average molecular weight is 318 g/mol. The zero-order valence-electron chi connectivity index (χ0n) is 12.8. The summed E-state index contributed by atoms with van der Waals surface area (Å²) >= 11 is 12.4. The van der Waals surface area contributed by atoms with Gasteiger partial charge in [0.1, 0.15) is 0 Å². The predicted octanol–water partition coefficient (Wildman–Crippen LogP) is 4.93. The van der Waals surface area contributed by atoms with Crippen LogP contribution >= 0.6 is 23.2 Å². The largest absolute Gasteiger partial charge is 0.386 e. The normalized spacial score (nSPS) is 13.8. The summed E-state index contributed by atoms with van der Waals surface area (Å²) in [5.41, 5.74) is 0.410. The van der Waals surface area contributed by atoms with Gasteiger partial charge in [0.05, 0.1) is 21.7 Å². The topological polar surface area (TPSA) is 23.5 Å². The Morgan fingerprint density at radius 3 is 2.10 bits per heavy atom. The molecule has 0 spiro atoms. The summed E-state index contributed by atoms with van der Waals surface area (Å²) in [4.78, 5) is 2.31. The number of aliphatic hydroxyl groups excluding tert-OH is 1. The number of benzene rings is 1. The van der Waals surface area contributed by atoms with Crippen molar-refractivity contribution < 1.29 is 5.11 Å². The maximum Gasteiger partial charge on any atom is 0.0988 e. The summed E-state index contributed by atoms with van der Waals surface area (Å²) in [7, 11) is 0. The van der Waals surface area contributed by atoms with Crippen LogP contribution in [0.1, 0.15) is 52.2 Å². The number of likely N-dealkylation sites (N-methyl/N-ethyl adjacent to an activating group) is 1. The van der Waals surface area contributed by atoms with Crippen LogP contribution in [-0.4, -0.2) is 28.6 Å². The summed E-state index contributed by atoms with van der Waals surface area (Å²) in [5.74, 6) is 0. The van der Waals surface area contributed by atoms with Gasteiger partial charge in [0.2, 0.25) is 0 Å². The highest BCUT2D eigenvalue weighted by Gasteiger charge is 2.40. The standard InChI is InChI=1S/C16H25Cl2NO/c1-5-16(6-2,19(7-3)8-4)15(20)12-10-9-11-13(17)14(12)18/h9-11,15,20H,5-8H2,1-4H3. The van der Waals surface area contributed by atoms with Crippen LogP contribution in [0.15, 0.2) is 18.2 Å². The molecule has 0 aromatic heterocycles. The van der Waals surface area contributed by atoms with E-state index < -0.39 is 6.10 Å². The van der Waals surface area contributed by atoms with Crippen LogP contribution in [0.25, 0.3) is 0 Å². The van der Waals surface area contributed by atoms with Crippen molar-refractivity contribution in [2.24, 2.45) is 0 Å². The second-order valence-corrected chi connectivity index (χ2v) is 5.81. The molecule has 4 heteroatoms. The Hall–Kier alpha value is -0.280. The van der Waals surface area contributed by atoms with Crippen molar-refractivity contribution in [1.82, 2.24) is 4.90 Å². The number of hydrogen-bond acceptors (Lipinski definition) is 2. The molecular formula is C16H25Cl2NO. The number of hydrogen-bond donors (Lipinski definition) is 1. The third-order valence-electron chi connectivity index (χ3n) is 4.40. The molecule has 0 saturated heterocycles. The molecular weight excluding hydrogens is 293 g/mol. The van der Waals surface area contributed by atoms with Crippen LogP contribution in [0.4, 0.5) is 0 Å². The van der Waals surface area contributed by atoms with Gasteiger partial charge in [-0.1, -0.05) is 63.0 Å². The van der Waals surface area contributed by atoms with Crippen LogP contribution in [0.3, 0.4) is 0 Å². The minimum atomic E-state index is -0.649. The van der Waals surface area contributed by atoms with E-state index in [1.165, 1.54) is 0 Å². The zero-order valence-corrected chi connectivity index (χ0v) is 14.3. The smallest absolute Gasteiger partial charge is 0.0988 e. The average Bonchev–Trinajstić information content (AvgIpc) is 2.47. The van der Waals surface area contributed by atoms with Crippen LogP contribution in [-0.2, 0) is 0 Å². The van der Waals surface area contributed by atoms with Gasteiger partial charge in [0.15, 0.2) is 0 Å². The van der Waals surface area contributed by atoms with E-state index in [1.54, 1.807) is 6.07 Å². The predicted molar refractivity (Wildman–Crippen MR) is 87.7 cm³/mol. The fraction of sp³-hybridized carbons (Fsp3) is 0.625. The van der Waals surface area contributed by atoms with Gasteiger partial charge < -0.3 is 5.11 Å². The molecule has 1 aromatic carbocycles. The number of nitrogens with zero attached hydrogens (tertiary/aromatic N) is 1. The number of aliphatic hydroxyl groups is 1. The molecule has 1 N–H and O–H groups in total. The first-order chi connectivity index (χ1) is 9.48. The first kappa shape index (κ1) is 17.8. The van der Waals surface area contributed by atoms with Crippen molar-refractivity contribution in [1.29, 1.82) is 0 Å². The molecule has 1 rings (SSSR count). The van der Waals surface area contributed by atoms with E-state index >= 15 is 0 Å². The summed E-state index contributed by atoms with van der Waals surface area (Å²) in [6.45, 7) is 10.3. The molecule has 2 nitrogen and oxygen atoms in total. The Bertz CT molecular complexity index is 428. The third-order valence-corrected chi connectivity index (χ3v) is 5.24. The van der Waals surface area contributed by atoms with Gasteiger partial charge in [-0.2, -0.15) is 0 Å². The minimum absolute atomic E-state index is 0.308. The van der Waals surface area contributed by atoms with Crippen molar-refractivity contribution in [2.45, 2.75) is 52.2 Å². The van der Waals surface area contributed by atoms with E-state index in [4.69, 9.17) is 23.2 Å². The summed E-state index contributed by atoms with van der Waals surface area (Å²) in [6, 6.07) is 5.45. The minimum Gasteiger partial charge on any atom is -0.386 e. The Morgan fingerprint density at radius 2 is 1.65 bits per heavy atom. The highest BCUT2D eigenvalue weighted by atomic mass is 35.5. The quantitative estimate of drug-likeness (QED) is 0.771. The Balaban J connectivity index is 3.30. The highest BCUT2D eigenvalue weighted by Crippen LogP contribution is 2.41. The fourth-order valence-electron chi connectivity index (χ4n) is 3.13. The van der Waals surface area contributed by atoms with Gasteiger partial charge in [-0.25, -0.2) is 0 Å². The maximum atomic E-state index is 11.0. The number of halogens is 2. The third kappa shape index (κ3) is 3.14. The van der Waals surface area contributed by atoms with Crippen molar-refractivity contribution in [3.63, 3.8) is 0 Å². The molecule has 0 fully saturated rings. The molecule has 1 unspecified atom stereocenters. The van der Waals surface area contributed by atoms with E-state index in [0.717, 1.165) is 31.5 Å². The molecule has 0 aliphatic rings. The lowest BCUT2D eigenvalue weighted by molar-refractivity contribution is -0.0365. The van der Waals surface area contributed by atoms with E-state index in [1.807, 2.05) is 12.1 Å². The van der Waals surface area contributed by atoms with Gasteiger partial charge in [-0.15, -0.1) is 0 Å². The Labute approximate surface area is 132 Å². The molecule has 0 saturated carbocycles. The van der Waals surface area contributed by atoms with Crippen molar-refractivity contribution in [3.8, 4) is 0 Å². The molecule has 1 aromatic rings. The van der Waals surface area contributed by atoms with Gasteiger partial charge in [0.25, 0.3) is 0 Å². The van der Waals surface area contributed by atoms with Gasteiger partial charge in [-0.05, 0) is 32.0 Å². The lowest BCUT2D eigenvalue weighted by Crippen LogP contribution is -2.52. The lowest BCUT2D eigenvalue weighted by atomic mass is 9.81. The van der Waals surface area contributed by atoms with E-state index in [0.29, 0.717) is 10.0 Å². The second kappa shape index (κ2) is 7.65. The van der Waals surface area contributed by atoms with E-state index in [9.17, 15) is 5.11 Å². The van der Waals surface area contributed by atoms with Gasteiger partial charge in [0, 0.05) is 5.56 Å². The molecule has 0 heterocycles. The first-order valence-electron chi connectivity index (χ1n) is 7.35. The molecule has 114 valence electrons. The zero-order chi connectivity index (χ0) is 15.3. The second-order valence-electron chi connectivity index (χ2n) is 5.03. The summed E-state index contributed by atoms with van der Waals surface area (Å²) < 4.78 is 0. The Kier molecular flexibility index (Phi) is 6.80. The molecule has 0 bridgehead atoms. The maximum absolute atomic E-state index is 11.0. The molecule has 0 aliphatic heterocycles. The van der Waals surface area contributed by atoms with Crippen molar-refractivity contribution >= 4 is 23.2 Å². The molecule has 20 heavy (non-hydrogen) atoms. The van der Waals surface area contributed by atoms with Crippen molar-refractivity contribution in [2.75, 3.05) is 13.1 Å². The lowest BCUT2D eigenvalue weighted by Gasteiger charge is -2.46. The fourth-order valence-corrected chi connectivity index (χ4v) is 3.54. The Morgan fingerprint density at radius 1 is 1.10 bits per heavy atom. The van der Waals surface area contributed by atoms with Crippen LogP contribution < -0.4 is 0 Å². The summed E-state index contributed by atoms with van der Waals surface area (Å²) in [6.07, 6.45) is 1.06. The monoisotopic (exact) mass is 317 g/mol. The van der Waals surface area contributed by atoms with E-state index in [2.05, 4.69) is 32.6 Å². The first-order valence-corrected chi connectivity index (χ1v) is 8.11. The molecule has 0 aliphatic carbocycles. The van der Waals surface area contributed by atoms with Crippen LogP contribution in [0.2, 0.25) is 10.0 Å². The molecule has 1 atom stereocenters. The summed E-state index contributed by atoms with van der Waals surface area (Å²) in [5, 5.41) is 11.9. The van der Waals surface area contributed by atoms with Crippen molar-refractivity contribution in [3.05, 3.63) is 33.8 Å².